The molecule has 0 heterocycles. The zero-order chi connectivity index (χ0) is 16.4. The molecule has 0 radical (unpaired) electrons. The van der Waals surface area contributed by atoms with E-state index in [1.54, 1.807) is 7.05 Å². The van der Waals surface area contributed by atoms with Gasteiger partial charge >= 0.3 is 5.97 Å². The van der Waals surface area contributed by atoms with Gasteiger partial charge < -0.3 is 15.4 Å². The van der Waals surface area contributed by atoms with Gasteiger partial charge in [0.1, 0.15) is 0 Å². The second kappa shape index (κ2) is 10.3. The number of amides is 1. The van der Waals surface area contributed by atoms with Crippen LogP contribution in [0, 0.1) is 0 Å². The summed E-state index contributed by atoms with van der Waals surface area (Å²) in [5.74, 6) is -0.812. The van der Waals surface area contributed by atoms with E-state index in [4.69, 9.17) is 0 Å². The summed E-state index contributed by atoms with van der Waals surface area (Å²) >= 11 is 0.982. The van der Waals surface area contributed by atoms with Crippen LogP contribution < -0.4 is 10.6 Å². The third-order valence-electron chi connectivity index (χ3n) is 2.79. The lowest BCUT2D eigenvalue weighted by Gasteiger charge is -2.20. The van der Waals surface area contributed by atoms with Gasteiger partial charge in [0.2, 0.25) is 5.91 Å². The number of ketones is 1. The van der Waals surface area contributed by atoms with E-state index in [0.717, 1.165) is 11.8 Å². The molecule has 0 saturated heterocycles. The number of ether oxygens (including phenoxy) is 1. The zero-order valence-electron chi connectivity index (χ0n) is 12.7. The van der Waals surface area contributed by atoms with E-state index >= 15 is 0 Å². The normalized spacial score (nSPS) is 13.1. The van der Waals surface area contributed by atoms with E-state index < -0.39 is 18.1 Å². The van der Waals surface area contributed by atoms with Crippen molar-refractivity contribution in [2.75, 3.05) is 19.9 Å². The number of nitrogens with one attached hydrogen (secondary N) is 2. The lowest BCUT2D eigenvalue weighted by molar-refractivity contribution is -0.141. The van der Waals surface area contributed by atoms with Gasteiger partial charge in [0.05, 0.1) is 19.2 Å². The number of hydrogen-bond acceptors (Lipinski definition) is 7. The van der Waals surface area contributed by atoms with Gasteiger partial charge in [-0.1, -0.05) is 11.8 Å². The van der Waals surface area contributed by atoms with E-state index in [1.165, 1.54) is 21.0 Å². The van der Waals surface area contributed by atoms with Crippen LogP contribution in [0.25, 0.3) is 0 Å². The molecule has 8 heteroatoms. The molecule has 0 rings (SSSR count). The lowest BCUT2D eigenvalue weighted by atomic mass is 10.1. The highest BCUT2D eigenvalue weighted by Crippen LogP contribution is 2.06. The monoisotopic (exact) mass is 318 g/mol. The molecule has 0 aliphatic carbocycles. The fraction of sp³-hybridized carbons (Fsp3) is 0.692. The summed E-state index contributed by atoms with van der Waals surface area (Å²) in [6, 6.07) is -1.33. The van der Waals surface area contributed by atoms with Gasteiger partial charge in [0.15, 0.2) is 10.9 Å². The summed E-state index contributed by atoms with van der Waals surface area (Å²) in [7, 11) is 2.87. The molecule has 0 fully saturated rings. The van der Waals surface area contributed by atoms with Gasteiger partial charge in [-0.15, -0.1) is 0 Å². The summed E-state index contributed by atoms with van der Waals surface area (Å²) in [4.78, 5) is 45.6. The van der Waals surface area contributed by atoms with Crippen LogP contribution in [0.1, 0.15) is 26.7 Å². The number of carbonyl (C=O) groups is 4. The summed E-state index contributed by atoms with van der Waals surface area (Å²) < 4.78 is 4.52. The van der Waals surface area contributed by atoms with E-state index in [0.29, 0.717) is 0 Å². The van der Waals surface area contributed by atoms with Crippen molar-refractivity contribution in [3.8, 4) is 0 Å². The minimum Gasteiger partial charge on any atom is -0.469 e. The maximum absolute atomic E-state index is 12.1. The predicted octanol–water partition coefficient (Wildman–Crippen LogP) is -0.119. The standard InChI is InChI=1S/C13H22N2O5S/c1-8(16)11(7-21-9(2)17)15-13(19)10(14-3)5-6-12(18)20-4/h10-11,14H,5-7H2,1-4H3,(H,15,19)/t10-,11-/m0/s1. The molecule has 0 saturated carbocycles. The molecule has 0 aromatic heterocycles. The van der Waals surface area contributed by atoms with Gasteiger partial charge in [-0.05, 0) is 20.4 Å². The van der Waals surface area contributed by atoms with E-state index in [9.17, 15) is 19.2 Å². The Morgan fingerprint density at radius 2 is 1.76 bits per heavy atom. The molecule has 0 bridgehead atoms. The van der Waals surface area contributed by atoms with Gasteiger partial charge in [0, 0.05) is 19.1 Å². The quantitative estimate of drug-likeness (QED) is 0.572. The first-order valence-electron chi connectivity index (χ1n) is 6.50. The third-order valence-corrected chi connectivity index (χ3v) is 3.70. The molecular formula is C13H22N2O5S. The van der Waals surface area contributed by atoms with E-state index in [-0.39, 0.29) is 35.4 Å². The molecular weight excluding hydrogens is 296 g/mol. The highest BCUT2D eigenvalue weighted by atomic mass is 32.2. The fourth-order valence-electron chi connectivity index (χ4n) is 1.50. The van der Waals surface area contributed by atoms with Crippen LogP contribution >= 0.6 is 11.8 Å². The van der Waals surface area contributed by atoms with Crippen LogP contribution in [0.4, 0.5) is 0 Å². The average Bonchev–Trinajstić information content (AvgIpc) is 2.42. The van der Waals surface area contributed by atoms with Gasteiger partial charge in [-0.2, -0.15) is 0 Å². The summed E-state index contributed by atoms with van der Waals surface area (Å²) in [5, 5.41) is 5.25. The summed E-state index contributed by atoms with van der Waals surface area (Å²) in [6.07, 6.45) is 0.363. The molecule has 120 valence electrons. The Labute approximate surface area is 128 Å². The summed E-state index contributed by atoms with van der Waals surface area (Å²) in [6.45, 7) is 2.75. The maximum Gasteiger partial charge on any atom is 0.305 e. The molecule has 0 aliphatic rings. The van der Waals surface area contributed by atoms with Crippen molar-refractivity contribution in [2.24, 2.45) is 0 Å². The first-order valence-corrected chi connectivity index (χ1v) is 7.48. The number of Topliss-reactive ketones (excluding diaryl/α,β-unsaturated/α-hetero) is 1. The second-order valence-corrected chi connectivity index (χ2v) is 5.63. The Morgan fingerprint density at radius 1 is 1.14 bits per heavy atom. The minimum absolute atomic E-state index is 0.0996. The Bertz CT molecular complexity index is 400. The van der Waals surface area contributed by atoms with Crippen LogP contribution in [0.3, 0.4) is 0 Å². The van der Waals surface area contributed by atoms with Crippen LogP contribution in [-0.2, 0) is 23.9 Å². The number of carbonyl (C=O) groups excluding carboxylic acids is 4. The number of methoxy groups -OCH3 is 1. The number of hydrogen-bond donors (Lipinski definition) is 2. The van der Waals surface area contributed by atoms with E-state index in [2.05, 4.69) is 15.4 Å². The molecule has 2 atom stereocenters. The molecule has 7 nitrogen and oxygen atoms in total. The van der Waals surface area contributed by atoms with Gasteiger partial charge in [0.25, 0.3) is 0 Å². The van der Waals surface area contributed by atoms with Crippen LogP contribution in [0.5, 0.6) is 0 Å². The number of thioether (sulfide) groups is 1. The molecule has 2 N–H and O–H groups in total. The number of rotatable bonds is 9. The van der Waals surface area contributed by atoms with Crippen LogP contribution in [-0.4, -0.2) is 54.8 Å². The van der Waals surface area contributed by atoms with Crippen molar-refractivity contribution < 1.29 is 23.9 Å². The first-order chi connectivity index (χ1) is 9.81. The van der Waals surface area contributed by atoms with Crippen molar-refractivity contribution in [3.63, 3.8) is 0 Å². The Morgan fingerprint density at radius 3 is 2.19 bits per heavy atom. The van der Waals surface area contributed by atoms with Crippen molar-refractivity contribution in [2.45, 2.75) is 38.8 Å². The topological polar surface area (TPSA) is 102 Å². The maximum atomic E-state index is 12.1. The number of esters is 1. The zero-order valence-corrected chi connectivity index (χ0v) is 13.5. The smallest absolute Gasteiger partial charge is 0.305 e. The highest BCUT2D eigenvalue weighted by Gasteiger charge is 2.23. The highest BCUT2D eigenvalue weighted by molar-refractivity contribution is 8.13. The average molecular weight is 318 g/mol. The van der Waals surface area contributed by atoms with Crippen molar-refractivity contribution in [3.05, 3.63) is 0 Å². The van der Waals surface area contributed by atoms with Crippen molar-refractivity contribution >= 4 is 34.5 Å². The summed E-state index contributed by atoms with van der Waals surface area (Å²) in [5.41, 5.74) is 0. The Kier molecular flexibility index (Phi) is 9.64. The largest absolute Gasteiger partial charge is 0.469 e. The predicted molar refractivity (Wildman–Crippen MR) is 79.8 cm³/mol. The van der Waals surface area contributed by atoms with Crippen LogP contribution in [0.15, 0.2) is 0 Å². The van der Waals surface area contributed by atoms with Crippen molar-refractivity contribution in [1.82, 2.24) is 10.6 Å². The van der Waals surface area contributed by atoms with Crippen molar-refractivity contribution in [1.29, 1.82) is 0 Å². The molecule has 21 heavy (non-hydrogen) atoms. The molecule has 0 unspecified atom stereocenters. The van der Waals surface area contributed by atoms with E-state index in [1.807, 2.05) is 0 Å². The molecule has 0 spiro atoms. The van der Waals surface area contributed by atoms with Gasteiger partial charge in [-0.25, -0.2) is 0 Å². The molecule has 0 aliphatic heterocycles. The lowest BCUT2D eigenvalue weighted by Crippen LogP contribution is -2.50. The first kappa shape index (κ1) is 19.6. The number of likely N-dealkylation sites (N-methyl/N-ethyl adjacent to an activating group) is 1. The van der Waals surface area contributed by atoms with Crippen LogP contribution in [0.2, 0.25) is 0 Å². The second-order valence-electron chi connectivity index (χ2n) is 4.43. The SMILES string of the molecule is CN[C@@H](CCC(=O)OC)C(=O)N[C@@H](CSC(C)=O)C(C)=O. The Balaban J connectivity index is 4.51. The third kappa shape index (κ3) is 8.46. The molecule has 1 amide bonds. The Hall–Kier alpha value is -1.41. The van der Waals surface area contributed by atoms with Gasteiger partial charge in [-0.3, -0.25) is 19.2 Å². The molecule has 0 aromatic carbocycles. The molecule has 0 aromatic rings. The minimum atomic E-state index is -0.722. The fourth-order valence-corrected chi connectivity index (χ4v) is 2.22.